The summed E-state index contributed by atoms with van der Waals surface area (Å²) in [5.74, 6) is -1.74. The Labute approximate surface area is 172 Å². The largest absolute Gasteiger partial charge is 0.507 e. The van der Waals surface area contributed by atoms with E-state index in [9.17, 15) is 20.1 Å². The summed E-state index contributed by atoms with van der Waals surface area (Å²) in [6.45, 7) is 6.09. The SMILES string of the molecule is CC(C)=CCC/C(C)=C/Cc1c(O)cc(/C=C/c2ccccc2)c(C(=O)O)c1O. The molecule has 0 atom stereocenters. The molecular weight excluding hydrogens is 364 g/mol. The summed E-state index contributed by atoms with van der Waals surface area (Å²) in [5.41, 5.74) is 3.54. The minimum absolute atomic E-state index is 0.117. The summed E-state index contributed by atoms with van der Waals surface area (Å²) >= 11 is 0. The molecular formula is C25H28O4. The van der Waals surface area contributed by atoms with Gasteiger partial charge in [-0.3, -0.25) is 0 Å². The molecule has 0 fully saturated rings. The molecule has 2 aromatic carbocycles. The van der Waals surface area contributed by atoms with E-state index in [-0.39, 0.29) is 28.9 Å². The topological polar surface area (TPSA) is 77.8 Å². The number of hydrogen-bond donors (Lipinski definition) is 3. The zero-order valence-corrected chi connectivity index (χ0v) is 17.1. The minimum Gasteiger partial charge on any atom is -0.507 e. The summed E-state index contributed by atoms with van der Waals surface area (Å²) in [6, 6.07) is 10.8. The van der Waals surface area contributed by atoms with Crippen molar-refractivity contribution in [1.82, 2.24) is 0 Å². The Morgan fingerprint density at radius 3 is 2.31 bits per heavy atom. The van der Waals surface area contributed by atoms with Gasteiger partial charge >= 0.3 is 5.97 Å². The summed E-state index contributed by atoms with van der Waals surface area (Å²) in [6.07, 6.45) is 9.46. The highest BCUT2D eigenvalue weighted by molar-refractivity contribution is 5.97. The van der Waals surface area contributed by atoms with Crippen LogP contribution < -0.4 is 0 Å². The van der Waals surface area contributed by atoms with Gasteiger partial charge in [0.25, 0.3) is 0 Å². The highest BCUT2D eigenvalue weighted by Gasteiger charge is 2.20. The van der Waals surface area contributed by atoms with Gasteiger partial charge in [0.05, 0.1) is 0 Å². The van der Waals surface area contributed by atoms with Gasteiger partial charge in [-0.2, -0.15) is 0 Å². The lowest BCUT2D eigenvalue weighted by Crippen LogP contribution is -2.03. The van der Waals surface area contributed by atoms with Crippen LogP contribution in [0, 0.1) is 0 Å². The molecule has 0 heterocycles. The summed E-state index contributed by atoms with van der Waals surface area (Å²) in [7, 11) is 0. The van der Waals surface area contributed by atoms with Crippen molar-refractivity contribution in [2.45, 2.75) is 40.0 Å². The fraction of sp³-hybridized carbons (Fsp3) is 0.240. The van der Waals surface area contributed by atoms with Gasteiger partial charge in [0.2, 0.25) is 0 Å². The van der Waals surface area contributed by atoms with Crippen LogP contribution in [0.25, 0.3) is 12.2 Å². The average molecular weight is 392 g/mol. The molecule has 2 aromatic rings. The molecule has 0 saturated carbocycles. The Kier molecular flexibility index (Phi) is 7.84. The lowest BCUT2D eigenvalue weighted by Gasteiger charge is -2.12. The molecule has 4 heteroatoms. The van der Waals surface area contributed by atoms with E-state index in [1.165, 1.54) is 11.6 Å². The molecule has 0 bridgehead atoms. The van der Waals surface area contributed by atoms with Crippen LogP contribution in [0.5, 0.6) is 11.5 Å². The molecule has 4 nitrogen and oxygen atoms in total. The number of carboxylic acids is 1. The van der Waals surface area contributed by atoms with E-state index in [0.29, 0.717) is 0 Å². The first-order valence-corrected chi connectivity index (χ1v) is 9.62. The quantitative estimate of drug-likeness (QED) is 0.369. The molecule has 0 amide bonds. The molecule has 0 radical (unpaired) electrons. The Morgan fingerprint density at radius 1 is 1.00 bits per heavy atom. The predicted octanol–water partition coefficient (Wildman–Crippen LogP) is 6.20. The number of benzene rings is 2. The van der Waals surface area contributed by atoms with Gasteiger partial charge in [0.1, 0.15) is 17.1 Å². The van der Waals surface area contributed by atoms with Gasteiger partial charge in [-0.25, -0.2) is 4.79 Å². The number of carboxylic acid groups (broad SMARTS) is 1. The van der Waals surface area contributed by atoms with Gasteiger partial charge < -0.3 is 15.3 Å². The van der Waals surface area contributed by atoms with Crippen molar-refractivity contribution in [1.29, 1.82) is 0 Å². The van der Waals surface area contributed by atoms with Crippen LogP contribution in [0.1, 0.15) is 60.7 Å². The van der Waals surface area contributed by atoms with Crippen molar-refractivity contribution in [3.05, 3.63) is 82.0 Å². The van der Waals surface area contributed by atoms with Gasteiger partial charge in [0, 0.05) is 5.56 Å². The standard InChI is InChI=1S/C25H28O4/c1-17(2)8-7-9-18(3)12-15-21-22(26)16-20(23(24(21)27)25(28)29)14-13-19-10-5-4-6-11-19/h4-6,8,10-14,16,26-27H,7,9,15H2,1-3H3,(H,28,29)/b14-13+,18-12+. The number of carbonyl (C=O) groups is 1. The molecule has 0 unspecified atom stereocenters. The molecule has 29 heavy (non-hydrogen) atoms. The van der Waals surface area contributed by atoms with Gasteiger partial charge in [-0.1, -0.05) is 65.8 Å². The summed E-state index contributed by atoms with van der Waals surface area (Å²) in [5, 5.41) is 30.6. The van der Waals surface area contributed by atoms with Crippen LogP contribution in [0.3, 0.4) is 0 Å². The van der Waals surface area contributed by atoms with Crippen LogP contribution in [-0.2, 0) is 6.42 Å². The average Bonchev–Trinajstić information content (AvgIpc) is 2.66. The summed E-state index contributed by atoms with van der Waals surface area (Å²) < 4.78 is 0. The van der Waals surface area contributed by atoms with Crippen molar-refractivity contribution >= 4 is 18.1 Å². The summed E-state index contributed by atoms with van der Waals surface area (Å²) in [4.78, 5) is 11.8. The van der Waals surface area contributed by atoms with Gasteiger partial charge in [-0.15, -0.1) is 0 Å². The van der Waals surface area contributed by atoms with E-state index in [1.807, 2.05) is 43.3 Å². The van der Waals surface area contributed by atoms with Crippen LogP contribution in [0.4, 0.5) is 0 Å². The molecule has 0 aliphatic carbocycles. The van der Waals surface area contributed by atoms with Crippen LogP contribution in [-0.4, -0.2) is 21.3 Å². The fourth-order valence-corrected chi connectivity index (χ4v) is 2.99. The highest BCUT2D eigenvalue weighted by atomic mass is 16.4. The number of phenols is 2. The maximum atomic E-state index is 11.8. The number of aromatic hydroxyl groups is 2. The molecule has 0 saturated heterocycles. The van der Waals surface area contributed by atoms with Crippen molar-refractivity contribution < 1.29 is 20.1 Å². The van der Waals surface area contributed by atoms with Crippen LogP contribution in [0.15, 0.2) is 59.7 Å². The van der Waals surface area contributed by atoms with E-state index >= 15 is 0 Å². The number of rotatable bonds is 8. The van der Waals surface area contributed by atoms with E-state index in [2.05, 4.69) is 19.9 Å². The second kappa shape index (κ2) is 10.3. The van der Waals surface area contributed by atoms with Crippen molar-refractivity contribution in [2.75, 3.05) is 0 Å². The first-order chi connectivity index (χ1) is 13.8. The van der Waals surface area contributed by atoms with Crippen molar-refractivity contribution in [3.8, 4) is 11.5 Å². The number of phenolic OH excluding ortho intramolecular Hbond substituents is 1. The normalized spacial score (nSPS) is 11.6. The fourth-order valence-electron chi connectivity index (χ4n) is 2.99. The molecule has 0 aliphatic heterocycles. The third-order valence-corrected chi connectivity index (χ3v) is 4.63. The van der Waals surface area contributed by atoms with E-state index in [4.69, 9.17) is 0 Å². The van der Waals surface area contributed by atoms with Crippen LogP contribution in [0.2, 0.25) is 0 Å². The van der Waals surface area contributed by atoms with Gasteiger partial charge in [0.15, 0.2) is 0 Å². The Balaban J connectivity index is 2.31. The Morgan fingerprint density at radius 2 is 1.69 bits per heavy atom. The molecule has 152 valence electrons. The molecule has 3 N–H and O–H groups in total. The highest BCUT2D eigenvalue weighted by Crippen LogP contribution is 2.35. The first kappa shape index (κ1) is 22.0. The van der Waals surface area contributed by atoms with Crippen molar-refractivity contribution in [2.24, 2.45) is 0 Å². The third kappa shape index (κ3) is 6.39. The van der Waals surface area contributed by atoms with E-state index < -0.39 is 11.7 Å². The first-order valence-electron chi connectivity index (χ1n) is 9.62. The maximum Gasteiger partial charge on any atom is 0.340 e. The lowest BCUT2D eigenvalue weighted by atomic mass is 9.97. The molecule has 2 rings (SSSR count). The van der Waals surface area contributed by atoms with E-state index in [0.717, 1.165) is 24.0 Å². The molecule has 0 aromatic heterocycles. The molecule has 0 spiro atoms. The Bertz CT molecular complexity index is 947. The Hall–Kier alpha value is -3.27. The molecule has 0 aliphatic rings. The van der Waals surface area contributed by atoms with E-state index in [1.54, 1.807) is 12.2 Å². The second-order valence-electron chi connectivity index (χ2n) is 7.31. The van der Waals surface area contributed by atoms with Crippen LogP contribution >= 0.6 is 0 Å². The number of hydrogen-bond acceptors (Lipinski definition) is 3. The predicted molar refractivity (Wildman–Crippen MR) is 118 cm³/mol. The maximum absolute atomic E-state index is 11.8. The lowest BCUT2D eigenvalue weighted by molar-refractivity contribution is 0.0693. The monoisotopic (exact) mass is 392 g/mol. The zero-order valence-electron chi connectivity index (χ0n) is 17.1. The zero-order chi connectivity index (χ0) is 21.4. The van der Waals surface area contributed by atoms with Gasteiger partial charge in [-0.05, 0) is 57.2 Å². The third-order valence-electron chi connectivity index (χ3n) is 4.63. The number of aromatic carboxylic acids is 1. The van der Waals surface area contributed by atoms with Crippen molar-refractivity contribution in [3.63, 3.8) is 0 Å². The minimum atomic E-state index is -1.24. The second-order valence-corrected chi connectivity index (χ2v) is 7.31. The number of allylic oxidation sites excluding steroid dienone is 4. The smallest absolute Gasteiger partial charge is 0.340 e.